The van der Waals surface area contributed by atoms with Crippen LogP contribution in [0.4, 0.5) is 4.39 Å². The van der Waals surface area contributed by atoms with Crippen LogP contribution in [0, 0.1) is 5.82 Å². The number of rotatable bonds is 4. The first-order chi connectivity index (χ1) is 12.2. The van der Waals surface area contributed by atoms with Gasteiger partial charge in [0, 0.05) is 12.2 Å². The molecule has 0 radical (unpaired) electrons. The molecule has 2 heterocycles. The molecule has 0 bridgehead atoms. The molecule has 0 aliphatic carbocycles. The molecule has 0 unspecified atom stereocenters. The molecule has 0 atom stereocenters. The number of aromatic nitrogens is 3. The predicted molar refractivity (Wildman–Crippen MR) is 97.7 cm³/mol. The molecule has 4 nitrogen and oxygen atoms in total. The highest BCUT2D eigenvalue weighted by atomic mass is 32.2. The topological polar surface area (TPSA) is 43.1 Å². The maximum absolute atomic E-state index is 13.9. The summed E-state index contributed by atoms with van der Waals surface area (Å²) in [6.07, 6.45) is 1.38. The fraction of sp³-hybridized carbons (Fsp3) is 0.211. The molecule has 3 aromatic rings. The van der Waals surface area contributed by atoms with Gasteiger partial charge >= 0.3 is 0 Å². The maximum atomic E-state index is 13.9. The minimum atomic E-state index is -0.234. The van der Waals surface area contributed by atoms with E-state index < -0.39 is 0 Å². The Hall–Kier alpha value is -2.47. The van der Waals surface area contributed by atoms with Gasteiger partial charge in [0.1, 0.15) is 5.82 Å². The van der Waals surface area contributed by atoms with Gasteiger partial charge in [-0.05, 0) is 29.2 Å². The van der Waals surface area contributed by atoms with Crippen LogP contribution in [0.5, 0.6) is 0 Å². The van der Waals surface area contributed by atoms with Crippen LogP contribution in [-0.2, 0) is 12.8 Å². The first-order valence-electron chi connectivity index (χ1n) is 8.22. The molecular weight excluding hydrogens is 335 g/mol. The van der Waals surface area contributed by atoms with Gasteiger partial charge in [0.15, 0.2) is 5.82 Å². The molecule has 0 saturated carbocycles. The molecule has 0 N–H and O–H groups in total. The largest absolute Gasteiger partial charge is 0.212 e. The van der Waals surface area contributed by atoms with E-state index in [0.29, 0.717) is 17.8 Å². The minimum Gasteiger partial charge on any atom is -0.207 e. The Kier molecular flexibility index (Phi) is 4.36. The molecule has 2 aromatic carbocycles. The van der Waals surface area contributed by atoms with E-state index in [4.69, 9.17) is 5.10 Å². The van der Waals surface area contributed by atoms with Gasteiger partial charge in [-0.1, -0.05) is 61.2 Å². The highest BCUT2D eigenvalue weighted by Crippen LogP contribution is 2.25. The summed E-state index contributed by atoms with van der Waals surface area (Å²) in [5.41, 5.74) is 3.98. The zero-order valence-electron chi connectivity index (χ0n) is 13.8. The fourth-order valence-corrected chi connectivity index (χ4v) is 3.62. The van der Waals surface area contributed by atoms with Crippen LogP contribution < -0.4 is 0 Å². The molecule has 0 amide bonds. The lowest BCUT2D eigenvalue weighted by Gasteiger charge is -2.14. The summed E-state index contributed by atoms with van der Waals surface area (Å²) in [6, 6.07) is 15.2. The normalized spacial score (nSPS) is 13.4. The van der Waals surface area contributed by atoms with E-state index in [2.05, 4.69) is 41.4 Å². The number of hydrogen-bond donors (Lipinski definition) is 0. The van der Waals surface area contributed by atoms with E-state index in [0.717, 1.165) is 28.6 Å². The summed E-state index contributed by atoms with van der Waals surface area (Å²) in [6.45, 7) is 2.14. The van der Waals surface area contributed by atoms with Gasteiger partial charge in [-0.25, -0.2) is 4.39 Å². The first kappa shape index (κ1) is 16.0. The molecule has 1 aromatic heterocycles. The zero-order valence-corrected chi connectivity index (χ0v) is 14.6. The van der Waals surface area contributed by atoms with Crippen molar-refractivity contribution < 1.29 is 4.39 Å². The van der Waals surface area contributed by atoms with E-state index in [1.54, 1.807) is 28.6 Å². The summed E-state index contributed by atoms with van der Waals surface area (Å²) >= 11 is 1.60. The maximum Gasteiger partial charge on any atom is 0.212 e. The number of thioether (sulfide) groups is 1. The van der Waals surface area contributed by atoms with Gasteiger partial charge in [-0.15, -0.1) is 10.2 Å². The number of halogens is 1. The Morgan fingerprint density at radius 1 is 1.08 bits per heavy atom. The summed E-state index contributed by atoms with van der Waals surface area (Å²) in [4.78, 5) is 0. The SMILES string of the molecule is CCc1ccc(C2=Nn3c(Cc4ccccc4F)nnc3SC2)cc1. The van der Waals surface area contributed by atoms with Crippen molar-refractivity contribution in [3.8, 4) is 0 Å². The molecule has 0 saturated heterocycles. The number of hydrogen-bond acceptors (Lipinski definition) is 4. The first-order valence-corrected chi connectivity index (χ1v) is 9.21. The lowest BCUT2D eigenvalue weighted by atomic mass is 10.1. The van der Waals surface area contributed by atoms with E-state index in [9.17, 15) is 4.39 Å². The third kappa shape index (κ3) is 3.22. The Morgan fingerprint density at radius 2 is 1.88 bits per heavy atom. The van der Waals surface area contributed by atoms with E-state index in [-0.39, 0.29) is 5.82 Å². The molecule has 6 heteroatoms. The van der Waals surface area contributed by atoms with Crippen molar-refractivity contribution in [2.75, 3.05) is 5.75 Å². The van der Waals surface area contributed by atoms with Crippen molar-refractivity contribution >= 4 is 17.5 Å². The van der Waals surface area contributed by atoms with Crippen LogP contribution >= 0.6 is 11.8 Å². The average molecular weight is 352 g/mol. The van der Waals surface area contributed by atoms with Gasteiger partial charge < -0.3 is 0 Å². The van der Waals surface area contributed by atoms with Crippen LogP contribution in [0.15, 0.2) is 58.8 Å². The predicted octanol–water partition coefficient (Wildman–Crippen LogP) is 3.93. The highest BCUT2D eigenvalue weighted by Gasteiger charge is 2.20. The van der Waals surface area contributed by atoms with Crippen LogP contribution in [0.2, 0.25) is 0 Å². The van der Waals surface area contributed by atoms with Crippen molar-refractivity contribution in [1.82, 2.24) is 14.9 Å². The van der Waals surface area contributed by atoms with Crippen molar-refractivity contribution in [2.45, 2.75) is 24.9 Å². The Labute approximate surface area is 149 Å². The summed E-state index contributed by atoms with van der Waals surface area (Å²) in [5, 5.41) is 13.9. The van der Waals surface area contributed by atoms with Gasteiger partial charge in [-0.3, -0.25) is 0 Å². The zero-order chi connectivity index (χ0) is 17.2. The second-order valence-corrected chi connectivity index (χ2v) is 6.81. The lowest BCUT2D eigenvalue weighted by molar-refractivity contribution is 0.608. The minimum absolute atomic E-state index is 0.234. The average Bonchev–Trinajstić information content (AvgIpc) is 3.06. The quantitative estimate of drug-likeness (QED) is 0.714. The van der Waals surface area contributed by atoms with Crippen molar-refractivity contribution in [2.24, 2.45) is 5.10 Å². The Morgan fingerprint density at radius 3 is 2.64 bits per heavy atom. The standard InChI is InChI=1S/C19H17FN4S/c1-2-13-7-9-14(10-8-13)17-12-25-19-22-21-18(24(19)23-17)11-15-5-3-4-6-16(15)20/h3-10H,2,11-12H2,1H3. The Balaban J connectivity index is 1.66. The Bertz CT molecular complexity index is 931. The summed E-state index contributed by atoms with van der Waals surface area (Å²) in [5.74, 6) is 1.17. The van der Waals surface area contributed by atoms with Crippen LogP contribution in [-0.4, -0.2) is 26.3 Å². The molecule has 25 heavy (non-hydrogen) atoms. The number of benzene rings is 2. The van der Waals surface area contributed by atoms with Gasteiger partial charge in [0.05, 0.1) is 5.71 Å². The summed E-state index contributed by atoms with van der Waals surface area (Å²) in [7, 11) is 0. The van der Waals surface area contributed by atoms with Crippen molar-refractivity contribution in [1.29, 1.82) is 0 Å². The van der Waals surface area contributed by atoms with E-state index in [1.165, 1.54) is 11.6 Å². The fourth-order valence-electron chi connectivity index (χ4n) is 2.76. The lowest BCUT2D eigenvalue weighted by Crippen LogP contribution is -2.15. The van der Waals surface area contributed by atoms with Crippen molar-refractivity contribution in [3.05, 3.63) is 76.9 Å². The molecule has 0 spiro atoms. The van der Waals surface area contributed by atoms with E-state index in [1.807, 2.05) is 6.07 Å². The van der Waals surface area contributed by atoms with Gasteiger partial charge in [0.2, 0.25) is 5.16 Å². The van der Waals surface area contributed by atoms with E-state index >= 15 is 0 Å². The monoisotopic (exact) mass is 352 g/mol. The van der Waals surface area contributed by atoms with Crippen LogP contribution in [0.3, 0.4) is 0 Å². The molecule has 126 valence electrons. The smallest absolute Gasteiger partial charge is 0.207 e. The van der Waals surface area contributed by atoms with Crippen molar-refractivity contribution in [3.63, 3.8) is 0 Å². The van der Waals surface area contributed by atoms with Crippen LogP contribution in [0.1, 0.15) is 29.4 Å². The second kappa shape index (κ2) is 6.80. The molecule has 1 aliphatic heterocycles. The molecule has 4 rings (SSSR count). The van der Waals surface area contributed by atoms with Gasteiger partial charge in [0.25, 0.3) is 0 Å². The highest BCUT2D eigenvalue weighted by molar-refractivity contribution is 7.99. The van der Waals surface area contributed by atoms with Crippen LogP contribution in [0.25, 0.3) is 0 Å². The molecule has 0 fully saturated rings. The number of nitrogens with zero attached hydrogens (tertiary/aromatic N) is 4. The molecule has 1 aliphatic rings. The third-order valence-electron chi connectivity index (χ3n) is 4.24. The molecular formula is C19H17FN4S. The second-order valence-electron chi connectivity index (χ2n) is 5.86. The summed E-state index contributed by atoms with van der Waals surface area (Å²) < 4.78 is 15.7. The third-order valence-corrected chi connectivity index (χ3v) is 5.17. The van der Waals surface area contributed by atoms with Gasteiger partial charge in [-0.2, -0.15) is 9.78 Å². The number of fused-ring (bicyclic) bond motifs is 1. The number of aryl methyl sites for hydroxylation is 1.